The van der Waals surface area contributed by atoms with Crippen LogP contribution in [0.3, 0.4) is 0 Å². The minimum atomic E-state index is -1.58. The van der Waals surface area contributed by atoms with E-state index in [1.807, 2.05) is 95.6 Å². The molecule has 2 N–H and O–H groups in total. The monoisotopic (exact) mass is 442 g/mol. The zero-order valence-electron chi connectivity index (χ0n) is 18.1. The zero-order chi connectivity index (χ0) is 23.1. The van der Waals surface area contributed by atoms with Gasteiger partial charge in [-0.2, -0.15) is 9.97 Å². The van der Waals surface area contributed by atoms with Gasteiger partial charge in [0.15, 0.2) is 11.6 Å². The van der Waals surface area contributed by atoms with E-state index in [1.165, 1.54) is 0 Å². The number of hydrogen-bond acceptors (Lipinski definition) is 5. The number of benzene rings is 4. The molecule has 0 radical (unpaired) electrons. The zero-order valence-corrected chi connectivity index (χ0v) is 18.1. The highest BCUT2D eigenvalue weighted by Crippen LogP contribution is 2.31. The molecule has 0 unspecified atom stereocenters. The van der Waals surface area contributed by atoms with Crippen molar-refractivity contribution in [1.29, 1.82) is 0 Å². The molecule has 2 aromatic heterocycles. The van der Waals surface area contributed by atoms with Crippen LogP contribution in [0, 0.1) is 0 Å². The molecule has 0 amide bonds. The van der Waals surface area contributed by atoms with Crippen LogP contribution in [0.1, 0.15) is 0 Å². The van der Waals surface area contributed by atoms with E-state index in [0.717, 1.165) is 32.9 Å². The van der Waals surface area contributed by atoms with Crippen molar-refractivity contribution in [1.82, 2.24) is 19.5 Å². The van der Waals surface area contributed by atoms with Crippen molar-refractivity contribution in [2.75, 3.05) is 0 Å². The van der Waals surface area contributed by atoms with Crippen LogP contribution in [0.5, 0.6) is 0 Å². The summed E-state index contributed by atoms with van der Waals surface area (Å²) in [5.41, 5.74) is 3.88. The Morgan fingerprint density at radius 3 is 1.74 bits per heavy atom. The molecule has 0 bridgehead atoms. The summed E-state index contributed by atoms with van der Waals surface area (Å²) in [6.07, 6.45) is 0. The van der Waals surface area contributed by atoms with Crippen molar-refractivity contribution < 1.29 is 10.0 Å². The van der Waals surface area contributed by atoms with E-state index in [0.29, 0.717) is 23.1 Å². The third kappa shape index (κ3) is 3.44. The third-order valence-electron chi connectivity index (χ3n) is 5.88. The molecule has 4 aromatic carbocycles. The first-order valence-corrected chi connectivity index (χ1v) is 11.0. The second kappa shape index (κ2) is 8.22. The molecule has 0 aliphatic heterocycles. The number of hydrogen-bond donors (Lipinski definition) is 2. The summed E-state index contributed by atoms with van der Waals surface area (Å²) >= 11 is 0. The number of nitrogens with zero attached hydrogens (tertiary/aromatic N) is 4. The molecule has 6 rings (SSSR count). The average molecular weight is 442 g/mol. The summed E-state index contributed by atoms with van der Waals surface area (Å²) in [5.74, 6) is 1.59. The first-order chi connectivity index (χ1) is 16.7. The highest BCUT2D eigenvalue weighted by Gasteiger charge is 2.19. The number of rotatable bonds is 4. The molecule has 0 saturated carbocycles. The van der Waals surface area contributed by atoms with E-state index in [-0.39, 0.29) is 0 Å². The lowest BCUT2D eigenvalue weighted by molar-refractivity contribution is 0.426. The van der Waals surface area contributed by atoms with Crippen LogP contribution in [0.2, 0.25) is 0 Å². The summed E-state index contributed by atoms with van der Waals surface area (Å²) in [6.45, 7) is 0. The molecule has 0 aliphatic carbocycles. The van der Waals surface area contributed by atoms with Crippen LogP contribution < -0.4 is 5.46 Å². The predicted molar refractivity (Wildman–Crippen MR) is 135 cm³/mol. The van der Waals surface area contributed by atoms with Crippen molar-refractivity contribution in [3.63, 3.8) is 0 Å². The first-order valence-electron chi connectivity index (χ1n) is 11.0. The van der Waals surface area contributed by atoms with Crippen LogP contribution in [-0.2, 0) is 0 Å². The SMILES string of the molecule is OB(O)c1ccc2c3ccccc3n(-c3nc(-c4ccccc4)nc(-c4ccccc4)n3)c2c1. The minimum absolute atomic E-state index is 0.400. The average Bonchev–Trinajstić information content (AvgIpc) is 3.23. The smallest absolute Gasteiger partial charge is 0.423 e. The first kappa shape index (κ1) is 20.3. The summed E-state index contributed by atoms with van der Waals surface area (Å²) in [6, 6.07) is 33.0. The summed E-state index contributed by atoms with van der Waals surface area (Å²) < 4.78 is 1.96. The van der Waals surface area contributed by atoms with Crippen LogP contribution in [0.25, 0.3) is 50.5 Å². The molecule has 6 nitrogen and oxygen atoms in total. The Morgan fingerprint density at radius 2 is 1.12 bits per heavy atom. The van der Waals surface area contributed by atoms with Crippen LogP contribution in [-0.4, -0.2) is 36.7 Å². The Kier molecular flexibility index (Phi) is 4.91. The van der Waals surface area contributed by atoms with Gasteiger partial charge in [-0.05, 0) is 17.6 Å². The maximum atomic E-state index is 9.81. The van der Waals surface area contributed by atoms with Gasteiger partial charge in [-0.1, -0.05) is 91.0 Å². The van der Waals surface area contributed by atoms with Crippen molar-refractivity contribution in [3.8, 4) is 28.7 Å². The molecule has 6 aromatic rings. The Morgan fingerprint density at radius 1 is 0.559 bits per heavy atom. The standard InChI is InChI=1S/C27H19BN4O2/c33-28(34)20-15-16-22-21-13-7-8-14-23(21)32(24(22)17-20)27-30-25(18-9-3-1-4-10-18)29-26(31-27)19-11-5-2-6-12-19/h1-17,33-34H. The molecule has 0 fully saturated rings. The predicted octanol–water partition coefficient (Wildman–Crippen LogP) is 3.98. The maximum Gasteiger partial charge on any atom is 0.488 e. The molecule has 2 heterocycles. The molecule has 0 spiro atoms. The van der Waals surface area contributed by atoms with Crippen molar-refractivity contribution in [2.24, 2.45) is 0 Å². The topological polar surface area (TPSA) is 84.1 Å². The van der Waals surface area contributed by atoms with Gasteiger partial charge in [-0.25, -0.2) is 4.98 Å². The van der Waals surface area contributed by atoms with Crippen molar-refractivity contribution in [2.45, 2.75) is 0 Å². The van der Waals surface area contributed by atoms with Gasteiger partial charge in [0, 0.05) is 21.9 Å². The van der Waals surface area contributed by atoms with E-state index in [1.54, 1.807) is 12.1 Å². The molecule has 34 heavy (non-hydrogen) atoms. The number of fused-ring (bicyclic) bond motifs is 3. The molecule has 0 saturated heterocycles. The quantitative estimate of drug-likeness (QED) is 0.404. The van der Waals surface area contributed by atoms with Crippen molar-refractivity contribution >= 4 is 34.4 Å². The molecule has 7 heteroatoms. The Labute approximate surface area is 196 Å². The number of aromatic nitrogens is 4. The van der Waals surface area contributed by atoms with Crippen LogP contribution in [0.4, 0.5) is 0 Å². The van der Waals surface area contributed by atoms with Gasteiger partial charge in [0.2, 0.25) is 5.95 Å². The third-order valence-corrected chi connectivity index (χ3v) is 5.88. The summed E-state index contributed by atoms with van der Waals surface area (Å²) in [5, 5.41) is 21.6. The van der Waals surface area contributed by atoms with Gasteiger partial charge in [0.1, 0.15) is 0 Å². The van der Waals surface area contributed by atoms with E-state index in [2.05, 4.69) is 0 Å². The van der Waals surface area contributed by atoms with Gasteiger partial charge in [-0.15, -0.1) is 0 Å². The van der Waals surface area contributed by atoms with E-state index in [4.69, 9.17) is 15.0 Å². The second-order valence-electron chi connectivity index (χ2n) is 8.02. The molecule has 0 atom stereocenters. The van der Waals surface area contributed by atoms with Gasteiger partial charge in [0.25, 0.3) is 0 Å². The van der Waals surface area contributed by atoms with Gasteiger partial charge in [-0.3, -0.25) is 4.57 Å². The Hall–Kier alpha value is -4.33. The lowest BCUT2D eigenvalue weighted by Crippen LogP contribution is -2.29. The van der Waals surface area contributed by atoms with E-state index in [9.17, 15) is 10.0 Å². The normalized spacial score (nSPS) is 11.2. The second-order valence-corrected chi connectivity index (χ2v) is 8.02. The fraction of sp³-hybridized carbons (Fsp3) is 0. The largest absolute Gasteiger partial charge is 0.488 e. The summed E-state index contributed by atoms with van der Waals surface area (Å²) in [7, 11) is -1.58. The Bertz CT molecular complexity index is 1580. The fourth-order valence-electron chi connectivity index (χ4n) is 4.26. The van der Waals surface area contributed by atoms with Crippen molar-refractivity contribution in [3.05, 3.63) is 103 Å². The maximum absolute atomic E-state index is 9.81. The van der Waals surface area contributed by atoms with Gasteiger partial charge >= 0.3 is 7.12 Å². The fourth-order valence-corrected chi connectivity index (χ4v) is 4.26. The Balaban J connectivity index is 1.69. The summed E-state index contributed by atoms with van der Waals surface area (Å²) in [4.78, 5) is 14.5. The molecular formula is C27H19BN4O2. The van der Waals surface area contributed by atoms with E-state index < -0.39 is 7.12 Å². The lowest BCUT2D eigenvalue weighted by atomic mass is 9.80. The highest BCUT2D eigenvalue weighted by atomic mass is 16.4. The molecule has 162 valence electrons. The minimum Gasteiger partial charge on any atom is -0.423 e. The molecule has 0 aliphatic rings. The van der Waals surface area contributed by atoms with Gasteiger partial charge in [0.05, 0.1) is 11.0 Å². The van der Waals surface area contributed by atoms with Crippen LogP contribution >= 0.6 is 0 Å². The highest BCUT2D eigenvalue weighted by molar-refractivity contribution is 6.59. The van der Waals surface area contributed by atoms with E-state index >= 15 is 0 Å². The van der Waals surface area contributed by atoms with Crippen LogP contribution in [0.15, 0.2) is 103 Å². The lowest BCUT2D eigenvalue weighted by Gasteiger charge is -2.11. The number of para-hydroxylation sites is 1. The molecular weight excluding hydrogens is 423 g/mol. The van der Waals surface area contributed by atoms with Gasteiger partial charge < -0.3 is 10.0 Å².